The molecular formula is C26H21ClN2O6S. The third kappa shape index (κ3) is 6.38. The summed E-state index contributed by atoms with van der Waals surface area (Å²) in [5.41, 5.74) is 2.05. The Morgan fingerprint density at radius 3 is 2.47 bits per heavy atom. The van der Waals surface area contributed by atoms with Crippen molar-refractivity contribution in [1.29, 1.82) is 0 Å². The predicted molar refractivity (Wildman–Crippen MR) is 137 cm³/mol. The molecule has 36 heavy (non-hydrogen) atoms. The maximum absolute atomic E-state index is 12.0. The highest BCUT2D eigenvalue weighted by Gasteiger charge is 2.18. The molecule has 1 heterocycles. The average molecular weight is 525 g/mol. The molecular weight excluding hydrogens is 504 g/mol. The second-order valence-corrected chi connectivity index (χ2v) is 8.78. The molecule has 0 aliphatic rings. The minimum Gasteiger partial charge on any atom is -0.497 e. The Hall–Kier alpha value is -3.95. The first-order chi connectivity index (χ1) is 17.4. The molecule has 0 aliphatic heterocycles. The van der Waals surface area contributed by atoms with Crippen molar-refractivity contribution < 1.29 is 28.5 Å². The van der Waals surface area contributed by atoms with Gasteiger partial charge in [-0.15, -0.1) is 10.2 Å². The summed E-state index contributed by atoms with van der Waals surface area (Å²) >= 11 is 6.88. The standard InChI is InChI=1S/C26H21ClN2O6S/c1-32-20-11-18(12-21(14-20)33-2)24-28-29-26(35-24)36-23(25(30)31)13-17-7-3-4-9-22(17)34-15-16-6-5-8-19(27)10-16/h3-14H,15H2,1-2H3,(H,30,31)/b23-13-. The molecule has 0 fully saturated rings. The second kappa shape index (κ2) is 11.7. The zero-order chi connectivity index (χ0) is 25.5. The van der Waals surface area contributed by atoms with Crippen molar-refractivity contribution in [3.63, 3.8) is 0 Å². The highest BCUT2D eigenvalue weighted by molar-refractivity contribution is 8.03. The van der Waals surface area contributed by atoms with Crippen molar-refractivity contribution in [3.05, 3.63) is 87.8 Å². The number of para-hydroxylation sites is 1. The summed E-state index contributed by atoms with van der Waals surface area (Å²) in [6.07, 6.45) is 1.50. The first-order valence-electron chi connectivity index (χ1n) is 10.6. The monoisotopic (exact) mass is 524 g/mol. The summed E-state index contributed by atoms with van der Waals surface area (Å²) in [4.78, 5) is 12.0. The predicted octanol–water partition coefficient (Wildman–Crippen LogP) is 6.20. The van der Waals surface area contributed by atoms with Gasteiger partial charge >= 0.3 is 5.97 Å². The molecule has 4 rings (SSSR count). The molecule has 0 saturated carbocycles. The van der Waals surface area contributed by atoms with Crippen LogP contribution in [0, 0.1) is 0 Å². The Morgan fingerprint density at radius 2 is 1.78 bits per heavy atom. The minimum absolute atomic E-state index is 0.0211. The van der Waals surface area contributed by atoms with E-state index >= 15 is 0 Å². The normalized spacial score (nSPS) is 11.2. The van der Waals surface area contributed by atoms with E-state index in [0.717, 1.165) is 17.3 Å². The third-order valence-electron chi connectivity index (χ3n) is 4.90. The van der Waals surface area contributed by atoms with Crippen LogP contribution in [0.25, 0.3) is 17.5 Å². The summed E-state index contributed by atoms with van der Waals surface area (Å²) in [6.45, 7) is 0.276. The van der Waals surface area contributed by atoms with Crippen molar-refractivity contribution in [2.45, 2.75) is 11.8 Å². The van der Waals surface area contributed by atoms with E-state index in [1.165, 1.54) is 20.3 Å². The topological polar surface area (TPSA) is 104 Å². The highest BCUT2D eigenvalue weighted by atomic mass is 35.5. The number of hydrogen-bond acceptors (Lipinski definition) is 8. The lowest BCUT2D eigenvalue weighted by Crippen LogP contribution is -1.99. The lowest BCUT2D eigenvalue weighted by Gasteiger charge is -2.10. The molecule has 1 N–H and O–H groups in total. The van der Waals surface area contributed by atoms with Gasteiger partial charge in [-0.05, 0) is 53.7 Å². The molecule has 0 radical (unpaired) electrons. The Kier molecular flexibility index (Phi) is 8.14. The van der Waals surface area contributed by atoms with Gasteiger partial charge in [0.15, 0.2) is 0 Å². The van der Waals surface area contributed by atoms with Gasteiger partial charge < -0.3 is 23.7 Å². The quantitative estimate of drug-likeness (QED) is 0.191. The van der Waals surface area contributed by atoms with Crippen LogP contribution in [-0.4, -0.2) is 35.5 Å². The number of aromatic nitrogens is 2. The van der Waals surface area contributed by atoms with Crippen LogP contribution in [0.3, 0.4) is 0 Å². The number of aliphatic carboxylic acids is 1. The van der Waals surface area contributed by atoms with Gasteiger partial charge in [-0.25, -0.2) is 4.79 Å². The van der Waals surface area contributed by atoms with Crippen LogP contribution in [0.4, 0.5) is 0 Å². The van der Waals surface area contributed by atoms with Crippen LogP contribution >= 0.6 is 23.4 Å². The number of methoxy groups -OCH3 is 2. The molecule has 0 amide bonds. The summed E-state index contributed by atoms with van der Waals surface area (Å²) in [5.74, 6) is 0.679. The molecule has 8 nitrogen and oxygen atoms in total. The molecule has 184 valence electrons. The Bertz CT molecular complexity index is 1380. The molecule has 0 bridgehead atoms. The lowest BCUT2D eigenvalue weighted by atomic mass is 10.2. The Morgan fingerprint density at radius 1 is 1.03 bits per heavy atom. The van der Waals surface area contributed by atoms with Crippen LogP contribution in [-0.2, 0) is 11.4 Å². The number of benzene rings is 3. The van der Waals surface area contributed by atoms with E-state index in [-0.39, 0.29) is 22.6 Å². The van der Waals surface area contributed by atoms with Crippen LogP contribution in [0.5, 0.6) is 17.2 Å². The van der Waals surface area contributed by atoms with Gasteiger partial charge in [-0.3, -0.25) is 0 Å². The molecule has 10 heteroatoms. The molecule has 1 aromatic heterocycles. The smallest absolute Gasteiger partial charge is 0.342 e. The number of halogens is 1. The van der Waals surface area contributed by atoms with Crippen molar-refractivity contribution in [1.82, 2.24) is 10.2 Å². The van der Waals surface area contributed by atoms with E-state index in [0.29, 0.717) is 33.4 Å². The van der Waals surface area contributed by atoms with E-state index in [4.69, 9.17) is 30.2 Å². The number of hydrogen-bond donors (Lipinski definition) is 1. The van der Waals surface area contributed by atoms with Crippen LogP contribution in [0.2, 0.25) is 5.02 Å². The SMILES string of the molecule is COc1cc(OC)cc(-c2nnc(S/C(=C\c3ccccc3OCc3cccc(Cl)c3)C(=O)O)o2)c1. The Balaban J connectivity index is 1.56. The van der Waals surface area contributed by atoms with Gasteiger partial charge in [0.1, 0.15) is 28.8 Å². The van der Waals surface area contributed by atoms with E-state index in [9.17, 15) is 9.90 Å². The highest BCUT2D eigenvalue weighted by Crippen LogP contribution is 2.34. The molecule has 0 spiro atoms. The average Bonchev–Trinajstić information content (AvgIpc) is 3.36. The van der Waals surface area contributed by atoms with Crippen molar-refractivity contribution in [2.75, 3.05) is 14.2 Å². The number of rotatable bonds is 10. The fraction of sp³-hybridized carbons (Fsp3) is 0.115. The molecule has 0 aliphatic carbocycles. The summed E-state index contributed by atoms with van der Waals surface area (Å²) in [7, 11) is 3.07. The summed E-state index contributed by atoms with van der Waals surface area (Å²) in [6, 6.07) is 19.6. The molecule has 0 unspecified atom stereocenters. The zero-order valence-electron chi connectivity index (χ0n) is 19.3. The van der Waals surface area contributed by atoms with Crippen molar-refractivity contribution in [3.8, 4) is 28.7 Å². The number of carboxylic acids is 1. The second-order valence-electron chi connectivity index (χ2n) is 7.35. The zero-order valence-corrected chi connectivity index (χ0v) is 20.9. The first-order valence-corrected chi connectivity index (χ1v) is 11.8. The van der Waals surface area contributed by atoms with Crippen LogP contribution in [0.15, 0.2) is 81.3 Å². The summed E-state index contributed by atoms with van der Waals surface area (Å²) in [5, 5.41) is 18.5. The van der Waals surface area contributed by atoms with Gasteiger partial charge in [-0.2, -0.15) is 0 Å². The van der Waals surface area contributed by atoms with Gasteiger partial charge in [0.05, 0.1) is 14.2 Å². The van der Waals surface area contributed by atoms with Crippen molar-refractivity contribution in [2.24, 2.45) is 0 Å². The lowest BCUT2D eigenvalue weighted by molar-refractivity contribution is -0.131. The fourth-order valence-electron chi connectivity index (χ4n) is 3.19. The van der Waals surface area contributed by atoms with Crippen LogP contribution < -0.4 is 14.2 Å². The maximum Gasteiger partial charge on any atom is 0.342 e. The molecule has 3 aromatic carbocycles. The van der Waals surface area contributed by atoms with Gasteiger partial charge in [0, 0.05) is 22.2 Å². The van der Waals surface area contributed by atoms with E-state index in [2.05, 4.69) is 10.2 Å². The minimum atomic E-state index is -1.15. The van der Waals surface area contributed by atoms with Crippen molar-refractivity contribution >= 4 is 35.4 Å². The number of ether oxygens (including phenoxy) is 3. The van der Waals surface area contributed by atoms with E-state index in [1.54, 1.807) is 42.5 Å². The largest absolute Gasteiger partial charge is 0.497 e. The number of carboxylic acid groups (broad SMARTS) is 1. The van der Waals surface area contributed by atoms with E-state index in [1.807, 2.05) is 24.3 Å². The Labute approximate surface area is 216 Å². The number of thioether (sulfide) groups is 1. The van der Waals surface area contributed by atoms with Gasteiger partial charge in [-0.1, -0.05) is 41.9 Å². The third-order valence-corrected chi connectivity index (χ3v) is 5.99. The first kappa shape index (κ1) is 25.2. The molecule has 0 atom stereocenters. The van der Waals surface area contributed by atoms with Gasteiger partial charge in [0.25, 0.3) is 5.22 Å². The maximum atomic E-state index is 12.0. The van der Waals surface area contributed by atoms with Crippen LogP contribution in [0.1, 0.15) is 11.1 Å². The fourth-order valence-corrected chi connectivity index (χ4v) is 4.06. The number of carbonyl (C=O) groups is 1. The molecule has 4 aromatic rings. The molecule has 0 saturated heterocycles. The summed E-state index contributed by atoms with van der Waals surface area (Å²) < 4.78 is 22.2. The number of nitrogens with zero attached hydrogens (tertiary/aromatic N) is 2. The van der Waals surface area contributed by atoms with Gasteiger partial charge in [0.2, 0.25) is 5.89 Å². The van der Waals surface area contributed by atoms with E-state index < -0.39 is 5.97 Å².